The molecule has 218 valence electrons. The molecule has 0 saturated carbocycles. The van der Waals surface area contributed by atoms with E-state index < -0.39 is 11.2 Å². The Balaban J connectivity index is 0.000000284. The second-order valence-corrected chi connectivity index (χ2v) is 10.7. The number of rotatable bonds is 10. The number of ether oxygens (including phenoxy) is 2. The minimum atomic E-state index is -1.17. The third-order valence-electron chi connectivity index (χ3n) is 7.63. The highest BCUT2D eigenvalue weighted by Gasteiger charge is 2.37. The summed E-state index contributed by atoms with van der Waals surface area (Å²) in [6.45, 7) is 4.58. The van der Waals surface area contributed by atoms with Crippen LogP contribution in [0.2, 0.25) is 0 Å². The van der Waals surface area contributed by atoms with Crippen molar-refractivity contribution in [2.24, 2.45) is 0 Å². The summed E-state index contributed by atoms with van der Waals surface area (Å²) < 4.78 is 15.1. The lowest BCUT2D eigenvalue weighted by Crippen LogP contribution is -2.40. The van der Waals surface area contributed by atoms with Gasteiger partial charge in [-0.05, 0) is 36.8 Å². The van der Waals surface area contributed by atoms with Crippen molar-refractivity contribution in [1.82, 2.24) is 0 Å². The largest absolute Gasteiger partial charge is 0.420 e. The van der Waals surface area contributed by atoms with E-state index >= 15 is 0 Å². The van der Waals surface area contributed by atoms with Gasteiger partial charge in [-0.2, -0.15) is 0 Å². The van der Waals surface area contributed by atoms with Crippen molar-refractivity contribution in [1.29, 1.82) is 0 Å². The van der Waals surface area contributed by atoms with Crippen LogP contribution >= 0.6 is 11.6 Å². The van der Waals surface area contributed by atoms with Crippen molar-refractivity contribution in [2.75, 3.05) is 27.4 Å². The average Bonchev–Trinajstić information content (AvgIpc) is 2.98. The molecule has 2 heterocycles. The van der Waals surface area contributed by atoms with E-state index in [4.69, 9.17) is 26.2 Å². The van der Waals surface area contributed by atoms with Crippen molar-refractivity contribution in [2.45, 2.75) is 101 Å². The fourth-order valence-electron chi connectivity index (χ4n) is 5.43. The zero-order chi connectivity index (χ0) is 28.3. The molecular formula is C33H50ClO5+. The van der Waals surface area contributed by atoms with Crippen LogP contribution in [0.15, 0.2) is 60.7 Å². The van der Waals surface area contributed by atoms with Gasteiger partial charge in [-0.1, -0.05) is 98.5 Å². The van der Waals surface area contributed by atoms with E-state index in [1.165, 1.54) is 58.2 Å². The van der Waals surface area contributed by atoms with Crippen LogP contribution < -0.4 is 0 Å². The first-order valence-electron chi connectivity index (χ1n) is 14.7. The Bertz CT molecular complexity index is 839. The fourth-order valence-corrected chi connectivity index (χ4v) is 5.73. The lowest BCUT2D eigenvalue weighted by Gasteiger charge is -2.36. The van der Waals surface area contributed by atoms with Gasteiger partial charge in [0.1, 0.15) is 18.8 Å². The number of halogens is 1. The first-order chi connectivity index (χ1) is 19.1. The van der Waals surface area contributed by atoms with Crippen molar-refractivity contribution in [3.63, 3.8) is 0 Å². The number of aliphatic hydroxyl groups is 1. The highest BCUT2D eigenvalue weighted by atomic mass is 35.5. The van der Waals surface area contributed by atoms with Gasteiger partial charge in [0, 0.05) is 39.9 Å². The maximum absolute atomic E-state index is 12.1. The number of hydrogen-bond donors (Lipinski definition) is 1. The summed E-state index contributed by atoms with van der Waals surface area (Å²) in [6, 6.07) is 19.1. The molecule has 2 saturated heterocycles. The van der Waals surface area contributed by atoms with Crippen molar-refractivity contribution >= 4 is 17.9 Å². The summed E-state index contributed by atoms with van der Waals surface area (Å²) >= 11 is 6.40. The summed E-state index contributed by atoms with van der Waals surface area (Å²) in [6.07, 6.45) is 15.5. The number of fused-ring (bicyclic) bond motifs is 1. The Labute approximate surface area is 241 Å². The summed E-state index contributed by atoms with van der Waals surface area (Å²) in [5.41, 5.74) is -0.0851. The maximum atomic E-state index is 12.1. The standard InChI is InChI=1S/C20H23ClO2.C12H23O2.CH4O/c1-2-3-6-15-19(21)23-20(16-22,17-11-7-4-8-12-17)18-13-9-5-10-14-18;1-13-11-7-9-14-8-5-3-2-4-6-12(14)10-11;1-2/h4-5,7-14,16,19H,2-3,6,15H2,1H3;11-12H,2-10H2,1H3;2H,1H3/q;+1;. The number of carbonyl (C=O) groups excluding carboxylic acids is 1. The van der Waals surface area contributed by atoms with Crippen molar-refractivity contribution in [3.8, 4) is 0 Å². The molecular weight excluding hydrogens is 512 g/mol. The van der Waals surface area contributed by atoms with E-state index in [1.807, 2.05) is 67.8 Å². The van der Waals surface area contributed by atoms with Gasteiger partial charge in [0.05, 0.1) is 6.10 Å². The molecule has 2 fully saturated rings. The molecule has 2 aliphatic heterocycles. The minimum absolute atomic E-state index is 0.507. The maximum Gasteiger partial charge on any atom is 0.175 e. The molecule has 0 radical (unpaired) electrons. The van der Waals surface area contributed by atoms with Crippen molar-refractivity contribution < 1.29 is 23.7 Å². The summed E-state index contributed by atoms with van der Waals surface area (Å²) in [5.74, 6) is 0. The van der Waals surface area contributed by atoms with Gasteiger partial charge in [-0.3, -0.25) is 4.79 Å². The third kappa shape index (κ3) is 10.6. The Morgan fingerprint density at radius 2 is 1.56 bits per heavy atom. The first-order valence-corrected chi connectivity index (χ1v) is 15.1. The number of methoxy groups -OCH3 is 1. The van der Waals surface area contributed by atoms with Crippen LogP contribution in [0.1, 0.15) is 88.7 Å². The second kappa shape index (κ2) is 19.3. The molecule has 2 aliphatic rings. The first kappa shape index (κ1) is 33.4. The quantitative estimate of drug-likeness (QED) is 0.140. The lowest BCUT2D eigenvalue weighted by molar-refractivity contribution is -0.236. The molecule has 1 N–H and O–H groups in total. The van der Waals surface area contributed by atoms with Crippen LogP contribution in [0.4, 0.5) is 0 Å². The highest BCUT2D eigenvalue weighted by molar-refractivity contribution is 6.19. The molecule has 0 spiro atoms. The Morgan fingerprint density at radius 3 is 2.13 bits per heavy atom. The zero-order valence-corrected chi connectivity index (χ0v) is 25.0. The van der Waals surface area contributed by atoms with Crippen molar-refractivity contribution in [3.05, 3.63) is 71.8 Å². The predicted octanol–water partition coefficient (Wildman–Crippen LogP) is 7.58. The van der Waals surface area contributed by atoms with Crippen LogP contribution in [0, 0.1) is 0 Å². The van der Waals surface area contributed by atoms with Crippen LogP contribution in [0.3, 0.4) is 0 Å². The topological polar surface area (TPSA) is 58.5 Å². The molecule has 0 amide bonds. The SMILES string of the molecule is CCCCCC(Cl)OC(C=O)(c1ccccc1)c1ccccc1.CO.COC1CC[O+]2CCCCCCC2C1. The van der Waals surface area contributed by atoms with Crippen LogP contribution in [-0.2, 0) is 24.2 Å². The molecule has 2 aromatic carbocycles. The van der Waals surface area contributed by atoms with Gasteiger partial charge < -0.3 is 18.9 Å². The molecule has 39 heavy (non-hydrogen) atoms. The number of unbranched alkanes of at least 4 members (excludes halogenated alkanes) is 2. The number of carbonyl (C=O) groups is 1. The minimum Gasteiger partial charge on any atom is -0.420 e. The smallest absolute Gasteiger partial charge is 0.175 e. The molecule has 4 rings (SSSR count). The molecule has 6 heteroatoms. The monoisotopic (exact) mass is 561 g/mol. The summed E-state index contributed by atoms with van der Waals surface area (Å²) in [7, 11) is 2.86. The normalized spacial score (nSPS) is 20.5. The molecule has 0 aliphatic carbocycles. The molecule has 3 unspecified atom stereocenters. The van der Waals surface area contributed by atoms with Crippen LogP contribution in [0.5, 0.6) is 0 Å². The Hall–Kier alpha value is -1.76. The lowest BCUT2D eigenvalue weighted by atomic mass is 9.87. The van der Waals surface area contributed by atoms with E-state index in [9.17, 15) is 4.79 Å². The van der Waals surface area contributed by atoms with E-state index in [0.29, 0.717) is 6.10 Å². The number of benzene rings is 2. The van der Waals surface area contributed by atoms with E-state index in [1.54, 1.807) is 0 Å². The summed E-state index contributed by atoms with van der Waals surface area (Å²) in [5, 5.41) is 7.00. The second-order valence-electron chi connectivity index (χ2n) is 10.3. The number of hydrogen-bond acceptors (Lipinski definition) is 4. The average molecular weight is 562 g/mol. The zero-order valence-electron chi connectivity index (χ0n) is 24.2. The molecule has 3 atom stereocenters. The van der Waals surface area contributed by atoms with Crippen LogP contribution in [-0.4, -0.2) is 56.6 Å². The van der Waals surface area contributed by atoms with Gasteiger partial charge in [0.15, 0.2) is 18.0 Å². The van der Waals surface area contributed by atoms with Crippen LogP contribution in [0.25, 0.3) is 0 Å². The summed E-state index contributed by atoms with van der Waals surface area (Å²) in [4.78, 5) is 12.1. The number of aliphatic hydroxyl groups excluding tert-OH is 1. The number of aldehydes is 1. The number of alkyl halides is 1. The molecule has 0 bridgehead atoms. The predicted molar refractivity (Wildman–Crippen MR) is 160 cm³/mol. The van der Waals surface area contributed by atoms with Gasteiger partial charge >= 0.3 is 0 Å². The van der Waals surface area contributed by atoms with Gasteiger partial charge in [0.25, 0.3) is 0 Å². The molecule has 5 nitrogen and oxygen atoms in total. The van der Waals surface area contributed by atoms with Gasteiger partial charge in [0.2, 0.25) is 0 Å². The highest BCUT2D eigenvalue weighted by Crippen LogP contribution is 2.35. The molecule has 0 aromatic heterocycles. The fraction of sp³-hybridized carbons (Fsp3) is 0.606. The Morgan fingerprint density at radius 1 is 0.949 bits per heavy atom. The Kier molecular flexibility index (Phi) is 16.6. The van der Waals surface area contributed by atoms with Gasteiger partial charge in [-0.15, -0.1) is 0 Å². The molecule has 2 aromatic rings. The van der Waals surface area contributed by atoms with E-state index in [2.05, 4.69) is 11.3 Å². The third-order valence-corrected chi connectivity index (χ3v) is 7.94. The van der Waals surface area contributed by atoms with Gasteiger partial charge in [-0.25, -0.2) is 0 Å². The van der Waals surface area contributed by atoms with E-state index in [-0.39, 0.29) is 0 Å². The van der Waals surface area contributed by atoms with E-state index in [0.717, 1.165) is 56.3 Å².